The molecule has 1 unspecified atom stereocenters. The lowest BCUT2D eigenvalue weighted by Gasteiger charge is -2.23. The third-order valence-corrected chi connectivity index (χ3v) is 4.93. The molecule has 27 heavy (non-hydrogen) atoms. The number of benzene rings is 2. The average Bonchev–Trinajstić information content (AvgIpc) is 2.87. The highest BCUT2D eigenvalue weighted by molar-refractivity contribution is 9.10. The van der Waals surface area contributed by atoms with E-state index in [4.69, 9.17) is 16.7 Å². The first kappa shape index (κ1) is 19.1. The van der Waals surface area contributed by atoms with Gasteiger partial charge in [-0.3, -0.25) is 14.4 Å². The van der Waals surface area contributed by atoms with E-state index in [-0.39, 0.29) is 11.3 Å². The molecule has 138 valence electrons. The van der Waals surface area contributed by atoms with E-state index in [1.807, 2.05) is 0 Å². The van der Waals surface area contributed by atoms with Gasteiger partial charge in [-0.15, -0.1) is 0 Å². The van der Waals surface area contributed by atoms with E-state index < -0.39 is 30.2 Å². The van der Waals surface area contributed by atoms with Crippen molar-refractivity contribution in [3.63, 3.8) is 0 Å². The summed E-state index contributed by atoms with van der Waals surface area (Å²) in [6.07, 6.45) is 0. The highest BCUT2D eigenvalue weighted by atomic mass is 79.9. The molecule has 1 aliphatic heterocycles. The Labute approximate surface area is 167 Å². The molecule has 1 fully saturated rings. The van der Waals surface area contributed by atoms with E-state index in [1.54, 1.807) is 36.4 Å². The molecule has 0 bridgehead atoms. The van der Waals surface area contributed by atoms with Crippen LogP contribution in [0.5, 0.6) is 0 Å². The van der Waals surface area contributed by atoms with Crippen LogP contribution in [0.15, 0.2) is 58.6 Å². The Hall–Kier alpha value is -2.64. The lowest BCUT2D eigenvalue weighted by molar-refractivity contribution is -0.146. The van der Waals surface area contributed by atoms with Crippen molar-refractivity contribution in [2.45, 2.75) is 6.04 Å². The number of aliphatic hydroxyl groups is 1. The molecule has 1 amide bonds. The Morgan fingerprint density at radius 2 is 1.63 bits per heavy atom. The lowest BCUT2D eigenvalue weighted by Crippen LogP contribution is -2.34. The van der Waals surface area contributed by atoms with Gasteiger partial charge in [0.2, 0.25) is 0 Å². The number of Topliss-reactive ketones (excluding diaryl/α,β-unsaturated/α-hetero) is 1. The summed E-state index contributed by atoms with van der Waals surface area (Å²) in [5.41, 5.74) is 0.648. The van der Waals surface area contributed by atoms with Crippen LogP contribution < -0.4 is 0 Å². The van der Waals surface area contributed by atoms with Gasteiger partial charge in [-0.05, 0) is 42.0 Å². The summed E-state index contributed by atoms with van der Waals surface area (Å²) < 4.78 is 0.777. The number of likely N-dealkylation sites (tertiary alicyclic amines) is 1. The molecular formula is C19H13BrClNO5. The Morgan fingerprint density at radius 1 is 1.04 bits per heavy atom. The Morgan fingerprint density at radius 3 is 2.19 bits per heavy atom. The van der Waals surface area contributed by atoms with Crippen molar-refractivity contribution in [3.8, 4) is 0 Å². The molecule has 2 N–H and O–H groups in total. The normalized spacial score (nSPS) is 18.7. The van der Waals surface area contributed by atoms with Gasteiger partial charge in [-0.1, -0.05) is 39.7 Å². The second-order valence-corrected chi connectivity index (χ2v) is 7.23. The number of nitrogens with zero attached hydrogens (tertiary/aromatic N) is 1. The number of carbonyl (C=O) groups is 3. The number of ketones is 1. The molecule has 2 aromatic rings. The third-order valence-electron chi connectivity index (χ3n) is 4.15. The number of hydrogen-bond donors (Lipinski definition) is 2. The zero-order valence-corrected chi connectivity index (χ0v) is 16.1. The molecule has 0 aliphatic carbocycles. The fourth-order valence-electron chi connectivity index (χ4n) is 2.94. The van der Waals surface area contributed by atoms with Crippen molar-refractivity contribution in [3.05, 3.63) is 74.7 Å². The van der Waals surface area contributed by atoms with Crippen LogP contribution in [0.4, 0.5) is 0 Å². The monoisotopic (exact) mass is 449 g/mol. The van der Waals surface area contributed by atoms with E-state index in [0.29, 0.717) is 16.1 Å². The van der Waals surface area contributed by atoms with E-state index >= 15 is 0 Å². The highest BCUT2D eigenvalue weighted by Gasteiger charge is 2.46. The maximum Gasteiger partial charge on any atom is 0.323 e. The second-order valence-electron chi connectivity index (χ2n) is 5.88. The number of halogens is 2. The zero-order valence-electron chi connectivity index (χ0n) is 13.7. The van der Waals surface area contributed by atoms with Crippen LogP contribution in [0.3, 0.4) is 0 Å². The van der Waals surface area contributed by atoms with Crippen LogP contribution in [-0.4, -0.2) is 39.3 Å². The average molecular weight is 451 g/mol. The number of aliphatic carboxylic acids is 1. The van der Waals surface area contributed by atoms with Crippen molar-refractivity contribution < 1.29 is 24.6 Å². The summed E-state index contributed by atoms with van der Waals surface area (Å²) in [4.78, 5) is 37.2. The second kappa shape index (κ2) is 7.54. The number of carboxylic acids is 1. The number of amides is 1. The van der Waals surface area contributed by atoms with E-state index in [9.17, 15) is 19.5 Å². The van der Waals surface area contributed by atoms with Crippen LogP contribution in [0.2, 0.25) is 5.02 Å². The smallest absolute Gasteiger partial charge is 0.323 e. The summed E-state index contributed by atoms with van der Waals surface area (Å²) in [5.74, 6) is -3.55. The van der Waals surface area contributed by atoms with Gasteiger partial charge in [0.25, 0.3) is 11.7 Å². The fraction of sp³-hybridized carbons (Fsp3) is 0.105. The molecule has 0 saturated carbocycles. The minimum absolute atomic E-state index is 0.161. The molecule has 0 aromatic heterocycles. The van der Waals surface area contributed by atoms with E-state index in [0.717, 1.165) is 9.37 Å². The Kier molecular flexibility index (Phi) is 5.34. The first-order chi connectivity index (χ1) is 12.8. The van der Waals surface area contributed by atoms with Crippen LogP contribution in [-0.2, 0) is 14.4 Å². The van der Waals surface area contributed by atoms with Gasteiger partial charge in [-0.25, -0.2) is 0 Å². The molecule has 1 atom stereocenters. The Bertz CT molecular complexity index is 953. The van der Waals surface area contributed by atoms with Gasteiger partial charge in [0, 0.05) is 15.1 Å². The van der Waals surface area contributed by atoms with Gasteiger partial charge >= 0.3 is 5.97 Å². The Balaban J connectivity index is 2.19. The highest BCUT2D eigenvalue weighted by Crippen LogP contribution is 2.39. The molecule has 1 saturated heterocycles. The molecule has 0 spiro atoms. The van der Waals surface area contributed by atoms with Gasteiger partial charge in [-0.2, -0.15) is 0 Å². The van der Waals surface area contributed by atoms with E-state index in [1.165, 1.54) is 12.1 Å². The molecule has 0 radical (unpaired) electrons. The number of carbonyl (C=O) groups excluding carboxylic acids is 2. The molecule has 8 heteroatoms. The first-order valence-corrected chi connectivity index (χ1v) is 8.98. The minimum atomic E-state index is -1.26. The van der Waals surface area contributed by atoms with Gasteiger partial charge in [0.1, 0.15) is 12.3 Å². The molecular weight excluding hydrogens is 438 g/mol. The summed E-state index contributed by atoms with van der Waals surface area (Å²) >= 11 is 9.16. The summed E-state index contributed by atoms with van der Waals surface area (Å²) in [6.45, 7) is -0.664. The summed E-state index contributed by atoms with van der Waals surface area (Å²) in [7, 11) is 0. The summed E-state index contributed by atoms with van der Waals surface area (Å²) in [6, 6.07) is 11.8. The number of rotatable bonds is 4. The number of hydrogen-bond acceptors (Lipinski definition) is 4. The van der Waals surface area contributed by atoms with Crippen molar-refractivity contribution in [2.75, 3.05) is 6.54 Å². The van der Waals surface area contributed by atoms with Crippen LogP contribution >= 0.6 is 27.5 Å². The van der Waals surface area contributed by atoms with Crippen LogP contribution in [0.25, 0.3) is 5.76 Å². The van der Waals surface area contributed by atoms with Gasteiger partial charge in [0.15, 0.2) is 0 Å². The molecule has 1 aliphatic rings. The lowest BCUT2D eigenvalue weighted by atomic mass is 9.95. The molecule has 3 rings (SSSR count). The first-order valence-electron chi connectivity index (χ1n) is 7.81. The SMILES string of the molecule is O=C(O)CN1C(=O)C(=O)C(=C(O)c2ccc(Cl)cc2)C1c1ccc(Br)cc1. The van der Waals surface area contributed by atoms with Crippen molar-refractivity contribution >= 4 is 50.9 Å². The minimum Gasteiger partial charge on any atom is -0.507 e. The van der Waals surface area contributed by atoms with Crippen LogP contribution in [0, 0.1) is 0 Å². The van der Waals surface area contributed by atoms with Crippen molar-refractivity contribution in [1.82, 2.24) is 4.90 Å². The summed E-state index contributed by atoms with van der Waals surface area (Å²) in [5, 5.41) is 20.3. The standard InChI is InChI=1S/C19H13BrClNO5/c20-12-5-1-10(2-6-12)16-15(17(25)11-3-7-13(21)8-4-11)18(26)19(27)22(16)9-14(23)24/h1-8,16,25H,9H2,(H,23,24). The number of aliphatic hydroxyl groups excluding tert-OH is 1. The quantitative estimate of drug-likeness (QED) is 0.421. The maximum atomic E-state index is 12.6. The third kappa shape index (κ3) is 3.74. The maximum absolute atomic E-state index is 12.6. The fourth-order valence-corrected chi connectivity index (χ4v) is 3.33. The van der Waals surface area contributed by atoms with Crippen molar-refractivity contribution in [2.24, 2.45) is 0 Å². The topological polar surface area (TPSA) is 94.9 Å². The predicted octanol–water partition coefficient (Wildman–Crippen LogP) is 3.61. The van der Waals surface area contributed by atoms with Crippen LogP contribution in [0.1, 0.15) is 17.2 Å². The van der Waals surface area contributed by atoms with E-state index in [2.05, 4.69) is 15.9 Å². The predicted molar refractivity (Wildman–Crippen MR) is 102 cm³/mol. The largest absolute Gasteiger partial charge is 0.507 e. The molecule has 6 nitrogen and oxygen atoms in total. The molecule has 2 aromatic carbocycles. The molecule has 1 heterocycles. The number of carboxylic acid groups (broad SMARTS) is 1. The van der Waals surface area contributed by atoms with Gasteiger partial charge < -0.3 is 15.1 Å². The van der Waals surface area contributed by atoms with Gasteiger partial charge in [0.05, 0.1) is 11.6 Å². The zero-order chi connectivity index (χ0) is 19.7. The van der Waals surface area contributed by atoms with Crippen molar-refractivity contribution in [1.29, 1.82) is 0 Å².